The molecule has 0 spiro atoms. The highest BCUT2D eigenvalue weighted by Crippen LogP contribution is 2.33. The van der Waals surface area contributed by atoms with Crippen molar-refractivity contribution in [2.24, 2.45) is 0 Å². The maximum Gasteiger partial charge on any atom is 0.133 e. The molecule has 2 aromatic rings. The summed E-state index contributed by atoms with van der Waals surface area (Å²) in [5, 5.41) is 9.82. The molecular formula is C19H24O2. The third kappa shape index (κ3) is 3.64. The van der Waals surface area contributed by atoms with Gasteiger partial charge in [0.25, 0.3) is 0 Å². The van der Waals surface area contributed by atoms with Crippen LogP contribution in [0.4, 0.5) is 0 Å². The van der Waals surface area contributed by atoms with Crippen LogP contribution in [-0.2, 0) is 5.41 Å². The molecule has 1 unspecified atom stereocenters. The zero-order valence-electron chi connectivity index (χ0n) is 13.5. The van der Waals surface area contributed by atoms with Crippen molar-refractivity contribution in [3.63, 3.8) is 0 Å². The van der Waals surface area contributed by atoms with E-state index in [0.29, 0.717) is 5.75 Å². The molecule has 0 aliphatic carbocycles. The van der Waals surface area contributed by atoms with Crippen LogP contribution >= 0.6 is 0 Å². The summed E-state index contributed by atoms with van der Waals surface area (Å²) in [5.74, 6) is 1.54. The first-order valence-electron chi connectivity index (χ1n) is 7.35. The number of aliphatic hydroxyl groups excluding tert-OH is 1. The van der Waals surface area contributed by atoms with Gasteiger partial charge in [-0.15, -0.1) is 0 Å². The largest absolute Gasteiger partial charge is 0.457 e. The molecule has 0 radical (unpaired) electrons. The lowest BCUT2D eigenvalue weighted by Crippen LogP contribution is -2.11. The van der Waals surface area contributed by atoms with Crippen molar-refractivity contribution in [3.05, 3.63) is 59.2 Å². The quantitative estimate of drug-likeness (QED) is 0.845. The van der Waals surface area contributed by atoms with Gasteiger partial charge in [0.2, 0.25) is 0 Å². The number of aryl methyl sites for hydroxylation is 1. The molecule has 0 heterocycles. The molecule has 21 heavy (non-hydrogen) atoms. The average Bonchev–Trinajstić information content (AvgIpc) is 2.40. The zero-order valence-corrected chi connectivity index (χ0v) is 13.5. The summed E-state index contributed by atoms with van der Waals surface area (Å²) >= 11 is 0. The van der Waals surface area contributed by atoms with E-state index in [2.05, 4.69) is 39.8 Å². The smallest absolute Gasteiger partial charge is 0.133 e. The molecule has 2 aromatic carbocycles. The van der Waals surface area contributed by atoms with Crippen LogP contribution in [-0.4, -0.2) is 5.11 Å². The molecule has 0 saturated carbocycles. The molecule has 0 aliphatic heterocycles. The van der Waals surface area contributed by atoms with Crippen LogP contribution in [0.1, 0.15) is 50.5 Å². The molecule has 2 rings (SSSR count). The van der Waals surface area contributed by atoms with Gasteiger partial charge in [-0.2, -0.15) is 0 Å². The second-order valence-corrected chi connectivity index (χ2v) is 6.55. The van der Waals surface area contributed by atoms with E-state index >= 15 is 0 Å². The van der Waals surface area contributed by atoms with Gasteiger partial charge in [0.15, 0.2) is 0 Å². The van der Waals surface area contributed by atoms with E-state index in [4.69, 9.17) is 4.74 Å². The van der Waals surface area contributed by atoms with Gasteiger partial charge in [-0.05, 0) is 42.5 Å². The first-order valence-corrected chi connectivity index (χ1v) is 7.35. The third-order valence-corrected chi connectivity index (χ3v) is 3.63. The highest BCUT2D eigenvalue weighted by atomic mass is 16.5. The standard InChI is InChI=1S/C19H24O2/c1-13-12-15(19(3,4)5)10-11-17(13)21-18-9-7-6-8-16(18)14(2)20/h6-12,14,20H,1-5H3. The predicted molar refractivity (Wildman–Crippen MR) is 87.0 cm³/mol. The average molecular weight is 284 g/mol. The number of hydrogen-bond donors (Lipinski definition) is 1. The highest BCUT2D eigenvalue weighted by molar-refractivity contribution is 5.44. The van der Waals surface area contributed by atoms with E-state index in [1.807, 2.05) is 30.3 Å². The van der Waals surface area contributed by atoms with Crippen LogP contribution < -0.4 is 4.74 Å². The van der Waals surface area contributed by atoms with Gasteiger partial charge in [-0.3, -0.25) is 0 Å². The maximum atomic E-state index is 9.82. The van der Waals surface area contributed by atoms with Crippen molar-refractivity contribution < 1.29 is 9.84 Å². The van der Waals surface area contributed by atoms with Crippen LogP contribution in [0.25, 0.3) is 0 Å². The van der Waals surface area contributed by atoms with Crippen molar-refractivity contribution in [3.8, 4) is 11.5 Å². The molecule has 0 aromatic heterocycles. The first-order chi connectivity index (χ1) is 9.79. The van der Waals surface area contributed by atoms with Gasteiger partial charge in [0.1, 0.15) is 11.5 Å². The lowest BCUT2D eigenvalue weighted by molar-refractivity contribution is 0.195. The SMILES string of the molecule is Cc1cc(C(C)(C)C)ccc1Oc1ccccc1C(C)O. The molecule has 0 saturated heterocycles. The van der Waals surface area contributed by atoms with Crippen molar-refractivity contribution in [1.29, 1.82) is 0 Å². The van der Waals surface area contributed by atoms with Crippen LogP contribution in [0.5, 0.6) is 11.5 Å². The number of rotatable bonds is 3. The summed E-state index contributed by atoms with van der Waals surface area (Å²) in [6.45, 7) is 10.4. The van der Waals surface area contributed by atoms with E-state index in [-0.39, 0.29) is 5.41 Å². The van der Waals surface area contributed by atoms with E-state index < -0.39 is 6.10 Å². The van der Waals surface area contributed by atoms with Gasteiger partial charge in [0.05, 0.1) is 6.10 Å². The second-order valence-electron chi connectivity index (χ2n) is 6.55. The Hall–Kier alpha value is -1.80. The molecule has 0 amide bonds. The Kier molecular flexibility index (Phi) is 4.38. The minimum Gasteiger partial charge on any atom is -0.457 e. The van der Waals surface area contributed by atoms with E-state index in [9.17, 15) is 5.11 Å². The molecule has 0 aliphatic rings. The number of aliphatic hydroxyl groups is 1. The summed E-state index contributed by atoms with van der Waals surface area (Å²) in [6.07, 6.45) is -0.546. The Morgan fingerprint density at radius 1 is 1.00 bits per heavy atom. The lowest BCUT2D eigenvalue weighted by atomic mass is 9.86. The van der Waals surface area contributed by atoms with E-state index in [0.717, 1.165) is 16.9 Å². The van der Waals surface area contributed by atoms with Crippen molar-refractivity contribution >= 4 is 0 Å². The van der Waals surface area contributed by atoms with Crippen LogP contribution in [0.3, 0.4) is 0 Å². The molecular weight excluding hydrogens is 260 g/mol. The fraction of sp³-hybridized carbons (Fsp3) is 0.368. The van der Waals surface area contributed by atoms with Gasteiger partial charge >= 0.3 is 0 Å². The summed E-state index contributed by atoms with van der Waals surface area (Å²) in [7, 11) is 0. The van der Waals surface area contributed by atoms with E-state index in [1.165, 1.54) is 5.56 Å². The molecule has 0 fully saturated rings. The topological polar surface area (TPSA) is 29.5 Å². The van der Waals surface area contributed by atoms with Gasteiger partial charge in [-0.1, -0.05) is 51.1 Å². The molecule has 112 valence electrons. The second kappa shape index (κ2) is 5.90. The maximum absolute atomic E-state index is 9.82. The molecule has 1 atom stereocenters. The molecule has 2 heteroatoms. The molecule has 2 nitrogen and oxygen atoms in total. The van der Waals surface area contributed by atoms with Gasteiger partial charge in [-0.25, -0.2) is 0 Å². The number of hydrogen-bond acceptors (Lipinski definition) is 2. The third-order valence-electron chi connectivity index (χ3n) is 3.63. The van der Waals surface area contributed by atoms with Gasteiger partial charge < -0.3 is 9.84 Å². The van der Waals surface area contributed by atoms with Crippen LogP contribution in [0, 0.1) is 6.92 Å². The van der Waals surface area contributed by atoms with Crippen LogP contribution in [0.15, 0.2) is 42.5 Å². The number of benzene rings is 2. The summed E-state index contributed by atoms with van der Waals surface area (Å²) in [4.78, 5) is 0. The zero-order chi connectivity index (χ0) is 15.6. The van der Waals surface area contributed by atoms with Crippen molar-refractivity contribution in [1.82, 2.24) is 0 Å². The summed E-state index contributed by atoms with van der Waals surface area (Å²) in [5.41, 5.74) is 3.32. The Balaban J connectivity index is 2.33. The van der Waals surface area contributed by atoms with Crippen molar-refractivity contribution in [2.45, 2.75) is 46.1 Å². The normalized spacial score (nSPS) is 13.0. The predicted octanol–water partition coefficient (Wildman–Crippen LogP) is 5.14. The van der Waals surface area contributed by atoms with Gasteiger partial charge in [0, 0.05) is 5.56 Å². The minimum atomic E-state index is -0.546. The fourth-order valence-electron chi connectivity index (χ4n) is 2.27. The Labute approximate surface area is 127 Å². The Morgan fingerprint density at radius 2 is 1.67 bits per heavy atom. The monoisotopic (exact) mass is 284 g/mol. The number of ether oxygens (including phenoxy) is 1. The molecule has 1 N–H and O–H groups in total. The summed E-state index contributed by atoms with van der Waals surface area (Å²) < 4.78 is 6.01. The minimum absolute atomic E-state index is 0.126. The fourth-order valence-corrected chi connectivity index (χ4v) is 2.27. The lowest BCUT2D eigenvalue weighted by Gasteiger charge is -2.21. The molecule has 0 bridgehead atoms. The first kappa shape index (κ1) is 15.6. The van der Waals surface area contributed by atoms with E-state index in [1.54, 1.807) is 6.92 Å². The summed E-state index contributed by atoms with van der Waals surface area (Å²) in [6, 6.07) is 13.9. The Morgan fingerprint density at radius 3 is 2.24 bits per heavy atom. The highest BCUT2D eigenvalue weighted by Gasteiger charge is 2.16. The Bertz CT molecular complexity index is 622. The van der Waals surface area contributed by atoms with Crippen molar-refractivity contribution in [2.75, 3.05) is 0 Å². The van der Waals surface area contributed by atoms with Crippen LogP contribution in [0.2, 0.25) is 0 Å². The number of para-hydroxylation sites is 1.